The molecule has 33 heavy (non-hydrogen) atoms. The molecule has 0 aliphatic rings. The summed E-state index contributed by atoms with van der Waals surface area (Å²) < 4.78 is 7.50. The van der Waals surface area contributed by atoms with Crippen molar-refractivity contribution in [2.75, 3.05) is 16.4 Å². The molecule has 0 saturated carbocycles. The van der Waals surface area contributed by atoms with E-state index in [0.29, 0.717) is 23.4 Å². The van der Waals surface area contributed by atoms with E-state index >= 15 is 0 Å². The molecule has 4 rings (SSSR count). The summed E-state index contributed by atoms with van der Waals surface area (Å²) in [5, 5.41) is 25.0. The van der Waals surface area contributed by atoms with Crippen molar-refractivity contribution >= 4 is 39.8 Å². The number of hydrogen-bond acceptors (Lipinski definition) is 9. The second-order valence-electron chi connectivity index (χ2n) is 7.43. The number of carbonyl (C=O) groups is 1. The van der Waals surface area contributed by atoms with Crippen molar-refractivity contribution in [2.45, 2.75) is 45.4 Å². The molecule has 0 unspecified atom stereocenters. The standard InChI is InChI=1S/C22H25N7O2S2/c1-4-20-26-27-21(33-20)24-19(30)13-32-22-28-25-18(29(22)12-16-6-5-9-31-16)11-23-17-8-7-14(2)10-15(17)3/h5-10,23H,4,11-13H2,1-3H3,(H,24,27,30). The summed E-state index contributed by atoms with van der Waals surface area (Å²) in [4.78, 5) is 12.4. The fraction of sp³-hybridized carbons (Fsp3) is 0.318. The zero-order valence-electron chi connectivity index (χ0n) is 18.7. The van der Waals surface area contributed by atoms with Crippen LogP contribution in [0.3, 0.4) is 0 Å². The van der Waals surface area contributed by atoms with Crippen LogP contribution in [0.2, 0.25) is 0 Å². The molecule has 3 aromatic heterocycles. The van der Waals surface area contributed by atoms with Crippen LogP contribution in [0, 0.1) is 13.8 Å². The summed E-state index contributed by atoms with van der Waals surface area (Å²) in [6.07, 6.45) is 2.43. The van der Waals surface area contributed by atoms with Gasteiger partial charge in [0.1, 0.15) is 10.8 Å². The summed E-state index contributed by atoms with van der Waals surface area (Å²) in [5.41, 5.74) is 3.43. The van der Waals surface area contributed by atoms with Crippen molar-refractivity contribution < 1.29 is 9.21 Å². The van der Waals surface area contributed by atoms with Crippen LogP contribution >= 0.6 is 23.1 Å². The number of anilines is 2. The zero-order valence-corrected chi connectivity index (χ0v) is 20.3. The van der Waals surface area contributed by atoms with Gasteiger partial charge < -0.3 is 9.73 Å². The molecule has 0 bridgehead atoms. The first-order valence-corrected chi connectivity index (χ1v) is 12.3. The molecule has 3 heterocycles. The number of aryl methyl sites for hydroxylation is 3. The van der Waals surface area contributed by atoms with E-state index < -0.39 is 0 Å². The largest absolute Gasteiger partial charge is 0.467 e. The molecule has 2 N–H and O–H groups in total. The highest BCUT2D eigenvalue weighted by atomic mass is 32.2. The molecular weight excluding hydrogens is 458 g/mol. The molecule has 0 spiro atoms. The number of nitrogens with zero attached hydrogens (tertiary/aromatic N) is 5. The monoisotopic (exact) mass is 483 g/mol. The average molecular weight is 484 g/mol. The van der Waals surface area contributed by atoms with Crippen LogP contribution in [0.4, 0.5) is 10.8 Å². The van der Waals surface area contributed by atoms with Crippen molar-refractivity contribution in [1.29, 1.82) is 0 Å². The molecule has 4 aromatic rings. The highest BCUT2D eigenvalue weighted by Gasteiger charge is 2.17. The maximum Gasteiger partial charge on any atom is 0.236 e. The second kappa shape index (κ2) is 10.6. The number of hydrogen-bond donors (Lipinski definition) is 2. The summed E-state index contributed by atoms with van der Waals surface area (Å²) in [6, 6.07) is 10.0. The minimum Gasteiger partial charge on any atom is -0.467 e. The van der Waals surface area contributed by atoms with Gasteiger partial charge in [0.05, 0.1) is 25.1 Å². The third-order valence-corrected chi connectivity index (χ3v) is 6.80. The van der Waals surface area contributed by atoms with Gasteiger partial charge in [0, 0.05) is 5.69 Å². The molecule has 0 aliphatic heterocycles. The second-order valence-corrected chi connectivity index (χ2v) is 9.43. The number of thioether (sulfide) groups is 1. The van der Waals surface area contributed by atoms with E-state index in [1.54, 1.807) is 6.26 Å². The van der Waals surface area contributed by atoms with Crippen molar-refractivity contribution in [3.8, 4) is 0 Å². The molecule has 0 radical (unpaired) electrons. The van der Waals surface area contributed by atoms with E-state index in [1.807, 2.05) is 23.6 Å². The Morgan fingerprint density at radius 2 is 2.06 bits per heavy atom. The summed E-state index contributed by atoms with van der Waals surface area (Å²) >= 11 is 2.70. The van der Waals surface area contributed by atoms with Gasteiger partial charge in [-0.25, -0.2) is 0 Å². The Kier molecular flexibility index (Phi) is 7.40. The number of aromatic nitrogens is 5. The van der Waals surface area contributed by atoms with E-state index in [0.717, 1.165) is 28.7 Å². The SMILES string of the molecule is CCc1nnc(NC(=O)CSc2nnc(CNc3ccc(C)cc3C)n2Cc2ccco2)s1. The normalized spacial score (nSPS) is 11.0. The Hall–Kier alpha value is -3.18. The van der Waals surface area contributed by atoms with Gasteiger partial charge in [-0.1, -0.05) is 47.7 Å². The number of rotatable bonds is 10. The molecule has 0 fully saturated rings. The lowest BCUT2D eigenvalue weighted by Crippen LogP contribution is -2.15. The maximum atomic E-state index is 12.4. The Balaban J connectivity index is 1.45. The molecular formula is C22H25N7O2S2. The lowest BCUT2D eigenvalue weighted by molar-refractivity contribution is -0.113. The van der Waals surface area contributed by atoms with Gasteiger partial charge in [0.2, 0.25) is 11.0 Å². The molecule has 0 aliphatic carbocycles. The van der Waals surface area contributed by atoms with Gasteiger partial charge in [-0.15, -0.1) is 20.4 Å². The number of furan rings is 1. The summed E-state index contributed by atoms with van der Waals surface area (Å²) in [6.45, 7) is 7.12. The van der Waals surface area contributed by atoms with E-state index in [9.17, 15) is 4.79 Å². The molecule has 11 heteroatoms. The van der Waals surface area contributed by atoms with Gasteiger partial charge in [0.15, 0.2) is 11.0 Å². The van der Waals surface area contributed by atoms with Crippen LogP contribution in [0.1, 0.15) is 34.6 Å². The third kappa shape index (κ3) is 5.99. The van der Waals surface area contributed by atoms with Crippen LogP contribution in [0.5, 0.6) is 0 Å². The highest BCUT2D eigenvalue weighted by Crippen LogP contribution is 2.22. The van der Waals surface area contributed by atoms with E-state index in [-0.39, 0.29) is 11.7 Å². The van der Waals surface area contributed by atoms with Gasteiger partial charge in [-0.05, 0) is 44.0 Å². The lowest BCUT2D eigenvalue weighted by atomic mass is 10.1. The molecule has 9 nitrogen and oxygen atoms in total. The Morgan fingerprint density at radius 3 is 2.79 bits per heavy atom. The lowest BCUT2D eigenvalue weighted by Gasteiger charge is -2.12. The number of nitrogens with one attached hydrogen (secondary N) is 2. The summed E-state index contributed by atoms with van der Waals surface area (Å²) in [7, 11) is 0. The van der Waals surface area contributed by atoms with Crippen LogP contribution < -0.4 is 10.6 Å². The fourth-order valence-corrected chi connectivity index (χ4v) is 4.64. The van der Waals surface area contributed by atoms with Crippen molar-refractivity contribution in [1.82, 2.24) is 25.0 Å². The highest BCUT2D eigenvalue weighted by molar-refractivity contribution is 7.99. The van der Waals surface area contributed by atoms with Gasteiger partial charge in [0.25, 0.3) is 0 Å². The van der Waals surface area contributed by atoms with E-state index in [2.05, 4.69) is 63.1 Å². The topological polar surface area (TPSA) is 111 Å². The van der Waals surface area contributed by atoms with Gasteiger partial charge in [-0.2, -0.15) is 0 Å². The quantitative estimate of drug-likeness (QED) is 0.321. The fourth-order valence-electron chi connectivity index (χ4n) is 3.19. The van der Waals surface area contributed by atoms with Crippen LogP contribution in [-0.2, 0) is 24.3 Å². The minimum atomic E-state index is -0.165. The molecule has 1 amide bonds. The van der Waals surface area contributed by atoms with Crippen molar-refractivity contribution in [3.63, 3.8) is 0 Å². The van der Waals surface area contributed by atoms with Crippen LogP contribution in [0.25, 0.3) is 0 Å². The first-order valence-electron chi connectivity index (χ1n) is 10.5. The van der Waals surface area contributed by atoms with Crippen molar-refractivity contribution in [3.05, 3.63) is 64.3 Å². The zero-order chi connectivity index (χ0) is 23.2. The first kappa shape index (κ1) is 23.0. The molecule has 0 atom stereocenters. The summed E-state index contributed by atoms with van der Waals surface area (Å²) in [5.74, 6) is 1.56. The third-order valence-electron chi connectivity index (χ3n) is 4.85. The van der Waals surface area contributed by atoms with Gasteiger partial charge >= 0.3 is 0 Å². The maximum absolute atomic E-state index is 12.4. The predicted molar refractivity (Wildman–Crippen MR) is 130 cm³/mol. The van der Waals surface area contributed by atoms with Gasteiger partial charge in [-0.3, -0.25) is 14.7 Å². The predicted octanol–water partition coefficient (Wildman–Crippen LogP) is 4.29. The Morgan fingerprint density at radius 1 is 1.18 bits per heavy atom. The number of amides is 1. The Bertz CT molecular complexity index is 1220. The number of carbonyl (C=O) groups excluding carboxylic acids is 1. The first-order chi connectivity index (χ1) is 16.0. The van der Waals surface area contributed by atoms with Crippen molar-refractivity contribution in [2.24, 2.45) is 0 Å². The smallest absolute Gasteiger partial charge is 0.236 e. The Labute approximate surface area is 200 Å². The minimum absolute atomic E-state index is 0.165. The molecule has 0 saturated heterocycles. The number of benzene rings is 1. The molecule has 172 valence electrons. The van der Waals surface area contributed by atoms with E-state index in [1.165, 1.54) is 34.2 Å². The molecule has 1 aromatic carbocycles. The van der Waals surface area contributed by atoms with Crippen LogP contribution in [-0.4, -0.2) is 36.6 Å². The van der Waals surface area contributed by atoms with Crippen LogP contribution in [0.15, 0.2) is 46.2 Å². The average Bonchev–Trinajstić information content (AvgIpc) is 3.54. The van der Waals surface area contributed by atoms with E-state index in [4.69, 9.17) is 4.42 Å².